The van der Waals surface area contributed by atoms with Crippen LogP contribution in [0.5, 0.6) is 0 Å². The van der Waals surface area contributed by atoms with Crippen LogP contribution < -0.4 is 17.0 Å². The van der Waals surface area contributed by atoms with Crippen LogP contribution >= 0.6 is 0 Å². The summed E-state index contributed by atoms with van der Waals surface area (Å²) in [7, 11) is 2.81. The summed E-state index contributed by atoms with van der Waals surface area (Å²) in [6.07, 6.45) is 3.28. The smallest absolute Gasteiger partial charge is 0.332 e. The third-order valence-corrected chi connectivity index (χ3v) is 4.27. The summed E-state index contributed by atoms with van der Waals surface area (Å²) in [6.45, 7) is 3.48. The van der Waals surface area contributed by atoms with Gasteiger partial charge in [0, 0.05) is 14.1 Å². The number of Topliss-reactive ketones (excluding diaryl/α,β-unsaturated/α-hetero) is 1. The molecule has 0 saturated carbocycles. The van der Waals surface area contributed by atoms with E-state index in [9.17, 15) is 14.4 Å². The number of hydrogen-bond donors (Lipinski definition) is 1. The minimum absolute atomic E-state index is 0.0584. The average molecular weight is 294 g/mol. The summed E-state index contributed by atoms with van der Waals surface area (Å²) in [5, 5.41) is 0. The number of rotatable bonds is 3. The van der Waals surface area contributed by atoms with Gasteiger partial charge in [-0.1, -0.05) is 6.42 Å². The molecule has 7 heteroatoms. The fraction of sp³-hybridized carbons (Fsp3) is 0.643. The highest BCUT2D eigenvalue weighted by atomic mass is 16.2. The SMILES string of the molecule is CC(C(=O)c1c(N)n(C)c(=O)n(C)c1=O)N1CCCCC1. The number of likely N-dealkylation sites (tertiary alicyclic amines) is 1. The molecule has 0 spiro atoms. The number of aromatic nitrogens is 2. The van der Waals surface area contributed by atoms with Crippen LogP contribution in [0.15, 0.2) is 9.59 Å². The Morgan fingerprint density at radius 1 is 1.10 bits per heavy atom. The Hall–Kier alpha value is -1.89. The molecule has 1 aromatic rings. The predicted octanol–water partition coefficient (Wildman–Crippen LogP) is -0.277. The van der Waals surface area contributed by atoms with Gasteiger partial charge in [-0.3, -0.25) is 23.6 Å². The second-order valence-corrected chi connectivity index (χ2v) is 5.60. The number of nitrogens with two attached hydrogens (primary N) is 1. The highest BCUT2D eigenvalue weighted by molar-refractivity contribution is 6.03. The molecule has 1 unspecified atom stereocenters. The van der Waals surface area contributed by atoms with E-state index in [1.807, 2.05) is 0 Å². The molecule has 0 aliphatic carbocycles. The normalized spacial score (nSPS) is 17.7. The number of hydrogen-bond acceptors (Lipinski definition) is 5. The van der Waals surface area contributed by atoms with Crippen LogP contribution in [0, 0.1) is 0 Å². The first-order valence-electron chi connectivity index (χ1n) is 7.20. The first kappa shape index (κ1) is 15.5. The minimum Gasteiger partial charge on any atom is -0.384 e. The Kier molecular flexibility index (Phi) is 4.32. The van der Waals surface area contributed by atoms with Crippen molar-refractivity contribution >= 4 is 11.6 Å². The molecular formula is C14H22N4O3. The quantitative estimate of drug-likeness (QED) is 0.775. The van der Waals surface area contributed by atoms with E-state index in [1.54, 1.807) is 6.92 Å². The molecule has 1 aromatic heterocycles. The zero-order chi connectivity index (χ0) is 15.7. The largest absolute Gasteiger partial charge is 0.384 e. The summed E-state index contributed by atoms with van der Waals surface area (Å²) >= 11 is 0. The molecule has 2 rings (SSSR count). The Labute approximate surface area is 123 Å². The molecule has 2 N–H and O–H groups in total. The second-order valence-electron chi connectivity index (χ2n) is 5.60. The van der Waals surface area contributed by atoms with Gasteiger partial charge >= 0.3 is 5.69 Å². The summed E-state index contributed by atoms with van der Waals surface area (Å²) in [5.74, 6) is -0.373. The number of carbonyl (C=O) groups excluding carboxylic acids is 1. The van der Waals surface area contributed by atoms with Crippen molar-refractivity contribution in [1.29, 1.82) is 0 Å². The molecule has 0 bridgehead atoms. The van der Waals surface area contributed by atoms with Crippen LogP contribution in [-0.2, 0) is 14.1 Å². The van der Waals surface area contributed by atoms with Gasteiger partial charge in [0.1, 0.15) is 11.4 Å². The van der Waals surface area contributed by atoms with E-state index in [0.29, 0.717) is 0 Å². The lowest BCUT2D eigenvalue weighted by Crippen LogP contribution is -2.47. The average Bonchev–Trinajstić information content (AvgIpc) is 2.51. The molecular weight excluding hydrogens is 272 g/mol. The van der Waals surface area contributed by atoms with Crippen LogP contribution in [0.4, 0.5) is 5.82 Å². The Bertz CT molecular complexity index is 668. The van der Waals surface area contributed by atoms with Gasteiger partial charge in [-0.15, -0.1) is 0 Å². The minimum atomic E-state index is -0.621. The lowest BCUT2D eigenvalue weighted by atomic mass is 10.0. The van der Waals surface area contributed by atoms with Crippen molar-refractivity contribution < 1.29 is 4.79 Å². The molecule has 0 amide bonds. The van der Waals surface area contributed by atoms with Gasteiger partial charge in [-0.05, 0) is 32.9 Å². The number of ketones is 1. The lowest BCUT2D eigenvalue weighted by Gasteiger charge is -2.31. The molecule has 2 heterocycles. The van der Waals surface area contributed by atoms with E-state index in [1.165, 1.54) is 20.5 Å². The molecule has 0 aromatic carbocycles. The molecule has 7 nitrogen and oxygen atoms in total. The third-order valence-electron chi connectivity index (χ3n) is 4.27. The van der Waals surface area contributed by atoms with Gasteiger partial charge in [-0.2, -0.15) is 0 Å². The molecule has 1 fully saturated rings. The van der Waals surface area contributed by atoms with E-state index in [0.717, 1.165) is 35.1 Å². The van der Waals surface area contributed by atoms with Crippen molar-refractivity contribution in [2.45, 2.75) is 32.2 Å². The Balaban J connectivity index is 2.44. The van der Waals surface area contributed by atoms with Crippen LogP contribution in [0.1, 0.15) is 36.5 Å². The van der Waals surface area contributed by atoms with Gasteiger partial charge < -0.3 is 5.73 Å². The molecule has 1 aliphatic heterocycles. The molecule has 0 radical (unpaired) electrons. The second kappa shape index (κ2) is 5.85. The van der Waals surface area contributed by atoms with Crippen molar-refractivity contribution in [1.82, 2.24) is 14.0 Å². The van der Waals surface area contributed by atoms with Crippen molar-refractivity contribution in [3.63, 3.8) is 0 Å². The van der Waals surface area contributed by atoms with Gasteiger partial charge in [0.2, 0.25) is 0 Å². The number of carbonyl (C=O) groups is 1. The summed E-state index contributed by atoms with van der Waals surface area (Å²) in [5.41, 5.74) is 4.60. The Morgan fingerprint density at radius 2 is 1.67 bits per heavy atom. The van der Waals surface area contributed by atoms with E-state index in [4.69, 9.17) is 5.73 Å². The van der Waals surface area contributed by atoms with Gasteiger partial charge in [0.25, 0.3) is 5.56 Å². The fourth-order valence-electron chi connectivity index (χ4n) is 2.77. The van der Waals surface area contributed by atoms with Crippen LogP contribution in [0.2, 0.25) is 0 Å². The highest BCUT2D eigenvalue weighted by Crippen LogP contribution is 2.16. The van der Waals surface area contributed by atoms with Crippen molar-refractivity contribution in [3.05, 3.63) is 26.4 Å². The third kappa shape index (κ3) is 2.65. The van der Waals surface area contributed by atoms with E-state index >= 15 is 0 Å². The molecule has 21 heavy (non-hydrogen) atoms. The van der Waals surface area contributed by atoms with Gasteiger partial charge in [0.05, 0.1) is 6.04 Å². The molecule has 1 saturated heterocycles. The maximum absolute atomic E-state index is 12.7. The zero-order valence-electron chi connectivity index (χ0n) is 12.8. The number of nitrogens with zero attached hydrogens (tertiary/aromatic N) is 3. The van der Waals surface area contributed by atoms with Crippen LogP contribution in [-0.4, -0.2) is 38.9 Å². The standard InChI is InChI=1S/C14H22N4O3/c1-9(18-7-5-4-6-8-18)11(19)10-12(15)16(2)14(21)17(3)13(10)20/h9H,4-8,15H2,1-3H3. The molecule has 1 aliphatic rings. The summed E-state index contributed by atoms with van der Waals surface area (Å²) < 4.78 is 2.06. The first-order chi connectivity index (χ1) is 9.86. The zero-order valence-corrected chi connectivity index (χ0v) is 12.8. The molecule has 1 atom stereocenters. The maximum atomic E-state index is 12.7. The van der Waals surface area contributed by atoms with Gasteiger partial charge in [-0.25, -0.2) is 4.79 Å². The lowest BCUT2D eigenvalue weighted by molar-refractivity contribution is 0.0807. The number of anilines is 1. The fourth-order valence-corrected chi connectivity index (χ4v) is 2.77. The number of piperidine rings is 1. The van der Waals surface area contributed by atoms with Crippen molar-refractivity contribution in [2.24, 2.45) is 14.1 Å². The summed E-state index contributed by atoms with van der Waals surface area (Å²) in [6, 6.07) is -0.405. The van der Waals surface area contributed by atoms with Crippen LogP contribution in [0.25, 0.3) is 0 Å². The van der Waals surface area contributed by atoms with Crippen LogP contribution in [0.3, 0.4) is 0 Å². The van der Waals surface area contributed by atoms with E-state index in [-0.39, 0.29) is 17.2 Å². The Morgan fingerprint density at radius 3 is 2.24 bits per heavy atom. The van der Waals surface area contributed by atoms with Crippen molar-refractivity contribution in [2.75, 3.05) is 18.8 Å². The van der Waals surface area contributed by atoms with Gasteiger partial charge in [0.15, 0.2) is 5.78 Å². The maximum Gasteiger partial charge on any atom is 0.332 e. The van der Waals surface area contributed by atoms with E-state index in [2.05, 4.69) is 4.90 Å². The highest BCUT2D eigenvalue weighted by Gasteiger charge is 2.29. The van der Waals surface area contributed by atoms with Crippen molar-refractivity contribution in [3.8, 4) is 0 Å². The molecule has 116 valence electrons. The topological polar surface area (TPSA) is 90.3 Å². The summed E-state index contributed by atoms with van der Waals surface area (Å²) in [4.78, 5) is 38.7. The van der Waals surface area contributed by atoms with E-state index < -0.39 is 17.3 Å². The predicted molar refractivity (Wildman–Crippen MR) is 80.6 cm³/mol. The first-order valence-corrected chi connectivity index (χ1v) is 7.20. The monoisotopic (exact) mass is 294 g/mol. The number of nitrogen functional groups attached to an aromatic ring is 1.